The van der Waals surface area contributed by atoms with E-state index >= 15 is 0 Å². The molecule has 148 valence electrons. The molecule has 0 spiro atoms. The Morgan fingerprint density at radius 1 is 0.862 bits per heavy atom. The Morgan fingerprint density at radius 2 is 1.62 bits per heavy atom. The summed E-state index contributed by atoms with van der Waals surface area (Å²) in [6, 6.07) is 18.3. The Morgan fingerprint density at radius 3 is 2.34 bits per heavy atom. The molecule has 2 aromatic carbocycles. The molecule has 1 saturated heterocycles. The predicted octanol–water partition coefficient (Wildman–Crippen LogP) is 4.09. The molecule has 1 aliphatic heterocycles. The molecule has 0 atom stereocenters. The minimum Gasteiger partial charge on any atom is -0.378 e. The van der Waals surface area contributed by atoms with Crippen molar-refractivity contribution in [1.82, 2.24) is 0 Å². The number of hydrogen-bond acceptors (Lipinski definition) is 5. The maximum absolute atomic E-state index is 12.7. The number of nitrogens with one attached hydrogen (secondary N) is 2. The molecule has 4 rings (SSSR count). The lowest BCUT2D eigenvalue weighted by Crippen LogP contribution is -2.36. The number of thiophene rings is 1. The van der Waals surface area contributed by atoms with E-state index in [0.29, 0.717) is 29.3 Å². The highest BCUT2D eigenvalue weighted by atomic mass is 32.1. The second kappa shape index (κ2) is 8.89. The molecule has 0 bridgehead atoms. The number of anilines is 3. The summed E-state index contributed by atoms with van der Waals surface area (Å²) in [7, 11) is 0. The van der Waals surface area contributed by atoms with Gasteiger partial charge in [-0.3, -0.25) is 9.59 Å². The molecule has 3 aromatic rings. The number of morpholine rings is 1. The first-order valence-corrected chi connectivity index (χ1v) is 10.3. The van der Waals surface area contributed by atoms with Crippen molar-refractivity contribution in [3.05, 3.63) is 76.5 Å². The van der Waals surface area contributed by atoms with E-state index in [1.807, 2.05) is 35.7 Å². The van der Waals surface area contributed by atoms with Gasteiger partial charge in [0, 0.05) is 24.3 Å². The third kappa shape index (κ3) is 4.64. The van der Waals surface area contributed by atoms with E-state index in [0.717, 1.165) is 24.5 Å². The van der Waals surface area contributed by atoms with Crippen LogP contribution in [0.5, 0.6) is 0 Å². The fourth-order valence-electron chi connectivity index (χ4n) is 3.16. The maximum atomic E-state index is 12.7. The molecule has 0 saturated carbocycles. The van der Waals surface area contributed by atoms with Gasteiger partial charge in [0.2, 0.25) is 0 Å². The minimum absolute atomic E-state index is 0.156. The molecule has 1 aromatic heterocycles. The molecule has 0 radical (unpaired) electrons. The number of benzene rings is 2. The highest BCUT2D eigenvalue weighted by Crippen LogP contribution is 2.27. The van der Waals surface area contributed by atoms with Crippen LogP contribution in [0, 0.1) is 0 Å². The second-order valence-electron chi connectivity index (χ2n) is 6.58. The maximum Gasteiger partial charge on any atom is 0.265 e. The lowest BCUT2D eigenvalue weighted by molar-refractivity contribution is 0.102. The zero-order chi connectivity index (χ0) is 20.1. The minimum atomic E-state index is -0.193. The van der Waals surface area contributed by atoms with Crippen molar-refractivity contribution < 1.29 is 14.3 Å². The van der Waals surface area contributed by atoms with Crippen molar-refractivity contribution in [1.29, 1.82) is 0 Å². The van der Waals surface area contributed by atoms with Gasteiger partial charge in [0.15, 0.2) is 0 Å². The van der Waals surface area contributed by atoms with Crippen LogP contribution in [0.15, 0.2) is 66.0 Å². The zero-order valence-electron chi connectivity index (χ0n) is 15.8. The van der Waals surface area contributed by atoms with Crippen LogP contribution in [0.4, 0.5) is 17.1 Å². The fraction of sp³-hybridized carbons (Fsp3) is 0.182. The Hall–Kier alpha value is -3.16. The lowest BCUT2D eigenvalue weighted by atomic mass is 10.1. The molecule has 0 aliphatic carbocycles. The predicted molar refractivity (Wildman–Crippen MR) is 116 cm³/mol. The number of para-hydroxylation sites is 2. The third-order valence-electron chi connectivity index (χ3n) is 4.65. The first kappa shape index (κ1) is 19.2. The van der Waals surface area contributed by atoms with E-state index in [4.69, 9.17) is 4.74 Å². The summed E-state index contributed by atoms with van der Waals surface area (Å²) in [5.74, 6) is -0.349. The highest BCUT2D eigenvalue weighted by Gasteiger charge is 2.16. The Bertz CT molecular complexity index is 981. The van der Waals surface area contributed by atoms with Gasteiger partial charge in [-0.25, -0.2) is 0 Å². The van der Waals surface area contributed by atoms with E-state index in [9.17, 15) is 9.59 Å². The van der Waals surface area contributed by atoms with Gasteiger partial charge in [-0.05, 0) is 47.8 Å². The molecule has 1 fully saturated rings. The van der Waals surface area contributed by atoms with E-state index in [1.54, 1.807) is 30.3 Å². The van der Waals surface area contributed by atoms with Crippen LogP contribution < -0.4 is 15.5 Å². The monoisotopic (exact) mass is 407 g/mol. The molecule has 29 heavy (non-hydrogen) atoms. The van der Waals surface area contributed by atoms with Crippen LogP contribution in [-0.2, 0) is 4.74 Å². The molecular weight excluding hydrogens is 386 g/mol. The lowest BCUT2D eigenvalue weighted by Gasteiger charge is -2.30. The van der Waals surface area contributed by atoms with Crippen molar-refractivity contribution in [2.45, 2.75) is 0 Å². The van der Waals surface area contributed by atoms with Gasteiger partial charge in [0.1, 0.15) is 0 Å². The summed E-state index contributed by atoms with van der Waals surface area (Å²) in [5, 5.41) is 7.69. The summed E-state index contributed by atoms with van der Waals surface area (Å²) in [4.78, 5) is 27.7. The Balaban J connectivity index is 1.43. The first-order valence-electron chi connectivity index (χ1n) is 9.39. The molecule has 2 amide bonds. The van der Waals surface area contributed by atoms with Gasteiger partial charge in [-0.1, -0.05) is 18.2 Å². The Kier molecular flexibility index (Phi) is 5.88. The van der Waals surface area contributed by atoms with Crippen LogP contribution in [0.1, 0.15) is 20.0 Å². The van der Waals surface area contributed by atoms with Gasteiger partial charge < -0.3 is 20.3 Å². The standard InChI is InChI=1S/C22H21N3O3S/c26-21(24-18-4-1-2-5-19(18)25-11-13-28-14-12-25)16-7-9-17(10-8-16)23-22(27)20-6-3-15-29-20/h1-10,15H,11-14H2,(H,23,27)(H,24,26). The highest BCUT2D eigenvalue weighted by molar-refractivity contribution is 7.12. The van der Waals surface area contributed by atoms with Crippen LogP contribution in [-0.4, -0.2) is 38.1 Å². The number of ether oxygens (including phenoxy) is 1. The third-order valence-corrected chi connectivity index (χ3v) is 5.52. The molecule has 1 aliphatic rings. The van der Waals surface area contributed by atoms with Gasteiger partial charge in [0.05, 0.1) is 29.5 Å². The summed E-state index contributed by atoms with van der Waals surface area (Å²) in [5.41, 5.74) is 2.93. The second-order valence-corrected chi connectivity index (χ2v) is 7.53. The smallest absolute Gasteiger partial charge is 0.265 e. The molecule has 7 heteroatoms. The number of amides is 2. The molecular formula is C22H21N3O3S. The topological polar surface area (TPSA) is 70.7 Å². The van der Waals surface area contributed by atoms with Crippen molar-refractivity contribution in [3.63, 3.8) is 0 Å². The van der Waals surface area contributed by atoms with Gasteiger partial charge in [-0.2, -0.15) is 0 Å². The van der Waals surface area contributed by atoms with Crippen LogP contribution in [0.25, 0.3) is 0 Å². The number of nitrogens with zero attached hydrogens (tertiary/aromatic N) is 1. The van der Waals surface area contributed by atoms with E-state index in [2.05, 4.69) is 15.5 Å². The van der Waals surface area contributed by atoms with E-state index in [1.165, 1.54) is 11.3 Å². The molecule has 0 unspecified atom stereocenters. The van der Waals surface area contributed by atoms with E-state index < -0.39 is 0 Å². The largest absolute Gasteiger partial charge is 0.378 e. The van der Waals surface area contributed by atoms with Gasteiger partial charge in [-0.15, -0.1) is 11.3 Å². The van der Waals surface area contributed by atoms with Crippen molar-refractivity contribution >= 4 is 40.2 Å². The Labute approximate surface area is 173 Å². The molecule has 2 N–H and O–H groups in total. The summed E-state index contributed by atoms with van der Waals surface area (Å²) >= 11 is 1.38. The van der Waals surface area contributed by atoms with Crippen LogP contribution in [0.3, 0.4) is 0 Å². The number of carbonyl (C=O) groups is 2. The first-order chi connectivity index (χ1) is 14.2. The summed E-state index contributed by atoms with van der Waals surface area (Å²) < 4.78 is 5.42. The summed E-state index contributed by atoms with van der Waals surface area (Å²) in [6.07, 6.45) is 0. The summed E-state index contributed by atoms with van der Waals surface area (Å²) in [6.45, 7) is 2.96. The van der Waals surface area contributed by atoms with Crippen LogP contribution >= 0.6 is 11.3 Å². The van der Waals surface area contributed by atoms with Gasteiger partial charge in [0.25, 0.3) is 11.8 Å². The molecule has 6 nitrogen and oxygen atoms in total. The number of hydrogen-bond donors (Lipinski definition) is 2. The van der Waals surface area contributed by atoms with Gasteiger partial charge >= 0.3 is 0 Å². The number of rotatable bonds is 5. The molecule has 2 heterocycles. The van der Waals surface area contributed by atoms with Crippen molar-refractivity contribution in [2.24, 2.45) is 0 Å². The normalized spacial score (nSPS) is 13.7. The SMILES string of the molecule is O=C(Nc1ccccc1N1CCOCC1)c1ccc(NC(=O)c2cccs2)cc1. The van der Waals surface area contributed by atoms with E-state index in [-0.39, 0.29) is 11.8 Å². The zero-order valence-corrected chi connectivity index (χ0v) is 16.6. The average molecular weight is 407 g/mol. The quantitative estimate of drug-likeness (QED) is 0.668. The van der Waals surface area contributed by atoms with Crippen molar-refractivity contribution in [2.75, 3.05) is 41.8 Å². The van der Waals surface area contributed by atoms with Crippen molar-refractivity contribution in [3.8, 4) is 0 Å². The number of carbonyl (C=O) groups excluding carboxylic acids is 2. The fourth-order valence-corrected chi connectivity index (χ4v) is 3.78. The average Bonchev–Trinajstić information content (AvgIpc) is 3.30. The van der Waals surface area contributed by atoms with Crippen LogP contribution in [0.2, 0.25) is 0 Å².